The molecular weight excluding hydrogens is 331 g/mol. The van der Waals surface area contributed by atoms with Gasteiger partial charge in [0.2, 0.25) is 5.91 Å². The van der Waals surface area contributed by atoms with Crippen molar-refractivity contribution < 1.29 is 4.79 Å². The van der Waals surface area contributed by atoms with E-state index in [1.807, 2.05) is 12.1 Å². The van der Waals surface area contributed by atoms with Gasteiger partial charge in [-0.15, -0.1) is 12.4 Å². The number of halogens is 3. The van der Waals surface area contributed by atoms with Crippen LogP contribution in [0.15, 0.2) is 18.2 Å². The smallest absolute Gasteiger partial charge is 0.224 e. The Morgan fingerprint density at radius 2 is 2.10 bits per heavy atom. The van der Waals surface area contributed by atoms with Crippen LogP contribution in [-0.2, 0) is 4.79 Å². The number of carbonyl (C=O) groups excluding carboxylic acids is 1. The normalized spacial score (nSPS) is 24.9. The third-order valence-electron chi connectivity index (χ3n) is 4.26. The van der Waals surface area contributed by atoms with Crippen LogP contribution in [0.2, 0.25) is 10.0 Å². The van der Waals surface area contributed by atoms with Crippen LogP contribution in [0.1, 0.15) is 30.7 Å². The van der Waals surface area contributed by atoms with Gasteiger partial charge in [0.15, 0.2) is 0 Å². The summed E-state index contributed by atoms with van der Waals surface area (Å²) in [5, 5.41) is 4.36. The molecule has 3 rings (SSSR count). The molecule has 0 aliphatic heterocycles. The molecule has 2 aliphatic carbocycles. The molecule has 0 aromatic heterocycles. The van der Waals surface area contributed by atoms with Gasteiger partial charge in [-0.25, -0.2) is 0 Å². The summed E-state index contributed by atoms with van der Waals surface area (Å²) >= 11 is 12.1. The van der Waals surface area contributed by atoms with Crippen LogP contribution in [-0.4, -0.2) is 18.5 Å². The lowest BCUT2D eigenvalue weighted by Crippen LogP contribution is -2.42. The molecule has 0 bridgehead atoms. The van der Waals surface area contributed by atoms with Crippen molar-refractivity contribution in [1.82, 2.24) is 5.32 Å². The van der Waals surface area contributed by atoms with Gasteiger partial charge < -0.3 is 11.1 Å². The van der Waals surface area contributed by atoms with Crippen LogP contribution in [0, 0.1) is 11.8 Å². The summed E-state index contributed by atoms with van der Waals surface area (Å²) in [4.78, 5) is 12.2. The molecule has 0 heterocycles. The molecule has 6 heteroatoms. The minimum absolute atomic E-state index is 0. The number of amides is 1. The summed E-state index contributed by atoms with van der Waals surface area (Å²) in [6, 6.07) is 5.62. The fourth-order valence-corrected chi connectivity index (χ4v) is 3.34. The second-order valence-electron chi connectivity index (χ2n) is 5.80. The largest absolute Gasteiger partial charge is 0.352 e. The molecule has 2 fully saturated rings. The zero-order valence-electron chi connectivity index (χ0n) is 11.5. The molecule has 0 radical (unpaired) electrons. The predicted octanol–water partition coefficient (Wildman–Crippen LogP) is 3.37. The molecule has 0 saturated heterocycles. The topological polar surface area (TPSA) is 55.1 Å². The molecule has 0 spiro atoms. The minimum Gasteiger partial charge on any atom is -0.352 e. The number of nitrogens with one attached hydrogen (secondary N) is 1. The first-order valence-electron chi connectivity index (χ1n) is 7.05. The summed E-state index contributed by atoms with van der Waals surface area (Å²) in [5.74, 6) is 0.947. The Bertz CT molecular complexity index is 534. The molecule has 3 nitrogen and oxygen atoms in total. The summed E-state index contributed by atoms with van der Waals surface area (Å²) in [5.41, 5.74) is 6.74. The number of carbonyl (C=O) groups is 1. The Morgan fingerprint density at radius 3 is 2.67 bits per heavy atom. The summed E-state index contributed by atoms with van der Waals surface area (Å²) in [6.45, 7) is 0.523. The van der Waals surface area contributed by atoms with E-state index in [1.54, 1.807) is 6.07 Å². The van der Waals surface area contributed by atoms with Crippen molar-refractivity contribution in [1.29, 1.82) is 0 Å². The molecular formula is C15H19Cl3N2O. The highest BCUT2D eigenvalue weighted by atomic mass is 35.5. The maximum absolute atomic E-state index is 12.2. The third kappa shape index (κ3) is 3.84. The quantitative estimate of drug-likeness (QED) is 0.856. The van der Waals surface area contributed by atoms with Crippen LogP contribution < -0.4 is 11.1 Å². The highest BCUT2D eigenvalue weighted by Gasteiger charge is 2.46. The van der Waals surface area contributed by atoms with E-state index in [2.05, 4.69) is 5.32 Å². The predicted molar refractivity (Wildman–Crippen MR) is 88.3 cm³/mol. The van der Waals surface area contributed by atoms with Crippen molar-refractivity contribution in [2.75, 3.05) is 6.54 Å². The Hall–Kier alpha value is -0.480. The Kier molecular flexibility index (Phi) is 5.42. The van der Waals surface area contributed by atoms with Crippen molar-refractivity contribution in [3.63, 3.8) is 0 Å². The van der Waals surface area contributed by atoms with Crippen LogP contribution in [0.4, 0.5) is 0 Å². The molecule has 3 N–H and O–H groups in total. The first-order valence-corrected chi connectivity index (χ1v) is 7.81. The van der Waals surface area contributed by atoms with Gasteiger partial charge in [-0.05, 0) is 48.8 Å². The number of benzene rings is 1. The van der Waals surface area contributed by atoms with E-state index in [-0.39, 0.29) is 36.2 Å². The van der Waals surface area contributed by atoms with Crippen molar-refractivity contribution in [2.24, 2.45) is 17.6 Å². The molecule has 2 saturated carbocycles. The molecule has 1 aromatic carbocycles. The van der Waals surface area contributed by atoms with Crippen molar-refractivity contribution >= 4 is 41.5 Å². The first kappa shape index (κ1) is 16.9. The van der Waals surface area contributed by atoms with E-state index in [9.17, 15) is 4.79 Å². The van der Waals surface area contributed by atoms with E-state index >= 15 is 0 Å². The molecule has 3 atom stereocenters. The van der Waals surface area contributed by atoms with Gasteiger partial charge in [-0.3, -0.25) is 4.79 Å². The number of hydrogen-bond acceptors (Lipinski definition) is 2. The lowest BCUT2D eigenvalue weighted by Gasteiger charge is -2.16. The Labute approximate surface area is 141 Å². The van der Waals surface area contributed by atoms with Crippen molar-refractivity contribution in [3.05, 3.63) is 33.8 Å². The van der Waals surface area contributed by atoms with Gasteiger partial charge in [-0.2, -0.15) is 0 Å². The van der Waals surface area contributed by atoms with Crippen molar-refractivity contribution in [3.8, 4) is 0 Å². The van der Waals surface area contributed by atoms with Crippen LogP contribution >= 0.6 is 35.6 Å². The molecule has 116 valence electrons. The average Bonchev–Trinajstić information content (AvgIpc) is 3.26. The van der Waals surface area contributed by atoms with Gasteiger partial charge in [0, 0.05) is 28.5 Å². The van der Waals surface area contributed by atoms with Gasteiger partial charge in [0.05, 0.1) is 0 Å². The second kappa shape index (κ2) is 6.74. The average molecular weight is 350 g/mol. The monoisotopic (exact) mass is 348 g/mol. The lowest BCUT2D eigenvalue weighted by atomic mass is 10.1. The van der Waals surface area contributed by atoms with E-state index in [4.69, 9.17) is 28.9 Å². The highest BCUT2D eigenvalue weighted by Crippen LogP contribution is 2.50. The Morgan fingerprint density at radius 1 is 1.38 bits per heavy atom. The highest BCUT2D eigenvalue weighted by molar-refractivity contribution is 6.35. The lowest BCUT2D eigenvalue weighted by molar-refractivity contribution is -0.123. The summed E-state index contributed by atoms with van der Waals surface area (Å²) < 4.78 is 0. The first-order chi connectivity index (χ1) is 9.60. The molecule has 21 heavy (non-hydrogen) atoms. The zero-order valence-corrected chi connectivity index (χ0v) is 13.8. The maximum atomic E-state index is 12.2. The molecule has 1 amide bonds. The van der Waals surface area contributed by atoms with Gasteiger partial charge in [0.25, 0.3) is 0 Å². The summed E-state index contributed by atoms with van der Waals surface area (Å²) in [6.07, 6.45) is 3.22. The Balaban J connectivity index is 0.00000161. The van der Waals surface area contributed by atoms with E-state index < -0.39 is 0 Å². The third-order valence-corrected chi connectivity index (χ3v) is 4.82. The number of rotatable bonds is 5. The fraction of sp³-hybridized carbons (Fsp3) is 0.533. The van der Waals surface area contributed by atoms with E-state index in [0.717, 1.165) is 12.0 Å². The summed E-state index contributed by atoms with van der Waals surface area (Å²) in [7, 11) is 0. The van der Waals surface area contributed by atoms with E-state index in [0.29, 0.717) is 22.5 Å². The van der Waals surface area contributed by atoms with Crippen LogP contribution in [0.3, 0.4) is 0 Å². The van der Waals surface area contributed by atoms with Crippen LogP contribution in [0.25, 0.3) is 0 Å². The maximum Gasteiger partial charge on any atom is 0.224 e. The van der Waals surface area contributed by atoms with Gasteiger partial charge in [-0.1, -0.05) is 29.3 Å². The fourth-order valence-electron chi connectivity index (χ4n) is 2.79. The molecule has 1 aromatic rings. The molecule has 2 aliphatic rings. The second-order valence-corrected chi connectivity index (χ2v) is 6.65. The SMILES string of the molecule is Cl.NCC(NC(=O)C1CC1c1ccc(Cl)cc1Cl)C1CC1. The standard InChI is InChI=1S/C15H18Cl2N2O.ClH/c16-9-3-4-10(13(17)5-9)11-6-12(11)15(20)19-14(7-18)8-1-2-8;/h3-5,8,11-12,14H,1-2,6-7,18H2,(H,19,20);1H. The van der Waals surface area contributed by atoms with Crippen LogP contribution in [0.5, 0.6) is 0 Å². The van der Waals surface area contributed by atoms with Crippen molar-refractivity contribution in [2.45, 2.75) is 31.2 Å². The van der Waals surface area contributed by atoms with E-state index in [1.165, 1.54) is 12.8 Å². The van der Waals surface area contributed by atoms with Gasteiger partial charge in [0.1, 0.15) is 0 Å². The number of nitrogens with two attached hydrogens (primary N) is 1. The number of hydrogen-bond donors (Lipinski definition) is 2. The van der Waals surface area contributed by atoms with Gasteiger partial charge >= 0.3 is 0 Å². The zero-order chi connectivity index (χ0) is 14.3. The minimum atomic E-state index is 0. The molecule has 3 unspecified atom stereocenters.